The number of anilines is 1. The average molecular weight is 390 g/mol. The predicted octanol–water partition coefficient (Wildman–Crippen LogP) is 4.09. The molecule has 2 aromatic rings. The van der Waals surface area contributed by atoms with Crippen molar-refractivity contribution in [1.29, 1.82) is 5.26 Å². The number of esters is 1. The van der Waals surface area contributed by atoms with Gasteiger partial charge in [0.2, 0.25) is 0 Å². The molecule has 1 N–H and O–H groups in total. The molecule has 1 heterocycles. The molecule has 1 amide bonds. The van der Waals surface area contributed by atoms with Crippen LogP contribution in [0.5, 0.6) is 5.75 Å². The van der Waals surface area contributed by atoms with Gasteiger partial charge in [0.15, 0.2) is 0 Å². The molecule has 0 aliphatic rings. The van der Waals surface area contributed by atoms with Gasteiger partial charge in [0.05, 0.1) is 24.8 Å². The summed E-state index contributed by atoms with van der Waals surface area (Å²) in [6.45, 7) is 3.60. The minimum absolute atomic E-state index is 0.235. The van der Waals surface area contributed by atoms with Crippen LogP contribution in [-0.4, -0.2) is 31.8 Å². The molecule has 0 spiro atoms. The Morgan fingerprint density at radius 1 is 1.38 bits per heavy atom. The molecule has 26 heavy (non-hydrogen) atoms. The summed E-state index contributed by atoms with van der Waals surface area (Å²) in [5.41, 5.74) is 1.10. The van der Waals surface area contributed by atoms with E-state index < -0.39 is 11.9 Å². The molecule has 0 atom stereocenters. The first-order valence-electron chi connectivity index (χ1n) is 7.70. The zero-order chi connectivity index (χ0) is 19.3. The second-order valence-corrected chi connectivity index (χ2v) is 7.01. The summed E-state index contributed by atoms with van der Waals surface area (Å²) < 4.78 is 10.3. The molecular formula is C18H18N2O4S2. The summed E-state index contributed by atoms with van der Waals surface area (Å²) in [7, 11) is 1.49. The molecule has 0 aliphatic heterocycles. The lowest BCUT2D eigenvalue weighted by molar-refractivity contribution is 0.0531. The van der Waals surface area contributed by atoms with Gasteiger partial charge in [0.25, 0.3) is 5.91 Å². The van der Waals surface area contributed by atoms with Crippen LogP contribution < -0.4 is 10.1 Å². The van der Waals surface area contributed by atoms with Crippen LogP contribution in [0, 0.1) is 18.3 Å². The summed E-state index contributed by atoms with van der Waals surface area (Å²) in [6.07, 6.45) is 1.93. The highest BCUT2D eigenvalue weighted by Crippen LogP contribution is 2.34. The third kappa shape index (κ3) is 4.00. The Kier molecular flexibility index (Phi) is 6.66. The van der Waals surface area contributed by atoms with Crippen molar-refractivity contribution in [2.75, 3.05) is 25.3 Å². The number of hydrogen-bond acceptors (Lipinski definition) is 7. The number of hydrogen-bond donors (Lipinski definition) is 1. The van der Waals surface area contributed by atoms with Crippen molar-refractivity contribution in [3.63, 3.8) is 0 Å². The fourth-order valence-corrected chi connectivity index (χ4v) is 3.76. The Morgan fingerprint density at radius 3 is 2.69 bits per heavy atom. The number of ether oxygens (including phenoxy) is 2. The topological polar surface area (TPSA) is 88.4 Å². The van der Waals surface area contributed by atoms with E-state index in [1.54, 1.807) is 26.0 Å². The SMILES string of the molecule is CCOC(=O)c1sc(NC(=O)c2ccc(SC)cc2OC)c(C#N)c1C. The molecule has 0 radical (unpaired) electrons. The van der Waals surface area contributed by atoms with E-state index in [2.05, 4.69) is 5.32 Å². The van der Waals surface area contributed by atoms with E-state index in [4.69, 9.17) is 9.47 Å². The van der Waals surface area contributed by atoms with Gasteiger partial charge >= 0.3 is 5.97 Å². The van der Waals surface area contributed by atoms with Crippen LogP contribution in [0.3, 0.4) is 0 Å². The number of rotatable bonds is 6. The van der Waals surface area contributed by atoms with Crippen LogP contribution in [0.1, 0.15) is 38.1 Å². The van der Waals surface area contributed by atoms with Crippen molar-refractivity contribution in [3.05, 3.63) is 39.8 Å². The third-order valence-corrected chi connectivity index (χ3v) is 5.51. The summed E-state index contributed by atoms with van der Waals surface area (Å²) in [4.78, 5) is 26.0. The van der Waals surface area contributed by atoms with E-state index >= 15 is 0 Å². The maximum absolute atomic E-state index is 12.7. The molecule has 136 valence electrons. The number of carbonyl (C=O) groups is 2. The molecular weight excluding hydrogens is 372 g/mol. The molecule has 8 heteroatoms. The number of nitriles is 1. The Balaban J connectivity index is 2.37. The number of nitrogens with one attached hydrogen (secondary N) is 1. The zero-order valence-electron chi connectivity index (χ0n) is 14.8. The van der Waals surface area contributed by atoms with Gasteiger partial charge in [-0.2, -0.15) is 5.26 Å². The highest BCUT2D eigenvalue weighted by Gasteiger charge is 2.23. The van der Waals surface area contributed by atoms with E-state index in [9.17, 15) is 14.9 Å². The van der Waals surface area contributed by atoms with E-state index in [1.165, 1.54) is 18.9 Å². The van der Waals surface area contributed by atoms with Crippen LogP contribution in [-0.2, 0) is 4.74 Å². The Bertz CT molecular complexity index is 884. The lowest BCUT2D eigenvalue weighted by Crippen LogP contribution is -2.13. The maximum Gasteiger partial charge on any atom is 0.348 e. The quantitative estimate of drug-likeness (QED) is 0.590. The minimum atomic E-state index is -0.506. The van der Waals surface area contributed by atoms with Gasteiger partial charge in [-0.25, -0.2) is 4.79 Å². The molecule has 0 bridgehead atoms. The van der Waals surface area contributed by atoms with Crippen molar-refractivity contribution in [3.8, 4) is 11.8 Å². The van der Waals surface area contributed by atoms with E-state index in [0.29, 0.717) is 26.8 Å². The predicted molar refractivity (Wildman–Crippen MR) is 102 cm³/mol. The van der Waals surface area contributed by atoms with Crippen LogP contribution in [0.25, 0.3) is 0 Å². The van der Waals surface area contributed by atoms with Crippen LogP contribution in [0.2, 0.25) is 0 Å². The zero-order valence-corrected chi connectivity index (χ0v) is 16.5. The van der Waals surface area contributed by atoms with Gasteiger partial charge in [-0.3, -0.25) is 4.79 Å². The summed E-state index contributed by atoms with van der Waals surface area (Å²) in [6, 6.07) is 7.29. The molecule has 0 saturated carbocycles. The van der Waals surface area contributed by atoms with Gasteiger partial charge in [-0.1, -0.05) is 0 Å². The lowest BCUT2D eigenvalue weighted by atomic mass is 10.1. The lowest BCUT2D eigenvalue weighted by Gasteiger charge is -2.10. The standard InChI is InChI=1S/C18H18N2O4S2/c1-5-24-18(22)15-10(2)13(9-19)17(26-15)20-16(21)12-7-6-11(25-4)8-14(12)23-3/h6-8H,5H2,1-4H3,(H,20,21). The largest absolute Gasteiger partial charge is 0.496 e. The highest BCUT2D eigenvalue weighted by molar-refractivity contribution is 7.98. The summed E-state index contributed by atoms with van der Waals surface area (Å²) in [5, 5.41) is 12.4. The number of benzene rings is 1. The van der Waals surface area contributed by atoms with Crippen LogP contribution >= 0.6 is 23.1 Å². The molecule has 0 saturated heterocycles. The first-order chi connectivity index (χ1) is 12.5. The smallest absolute Gasteiger partial charge is 0.348 e. The molecule has 6 nitrogen and oxygen atoms in total. The maximum atomic E-state index is 12.7. The van der Waals surface area contributed by atoms with Crippen molar-refractivity contribution >= 4 is 40.0 Å². The monoisotopic (exact) mass is 390 g/mol. The molecule has 0 unspecified atom stereocenters. The second kappa shape index (κ2) is 8.74. The van der Waals surface area contributed by atoms with Crippen molar-refractivity contribution in [2.24, 2.45) is 0 Å². The van der Waals surface area contributed by atoms with Gasteiger partial charge in [-0.15, -0.1) is 23.1 Å². The van der Waals surface area contributed by atoms with Crippen molar-refractivity contribution in [2.45, 2.75) is 18.7 Å². The van der Waals surface area contributed by atoms with Crippen molar-refractivity contribution < 1.29 is 19.1 Å². The first-order valence-corrected chi connectivity index (χ1v) is 9.74. The van der Waals surface area contributed by atoms with Gasteiger partial charge in [0.1, 0.15) is 21.7 Å². The Labute approximate surface area is 160 Å². The number of nitrogens with zero attached hydrogens (tertiary/aromatic N) is 1. The number of thiophene rings is 1. The molecule has 1 aromatic carbocycles. The first kappa shape index (κ1) is 19.8. The van der Waals surface area contributed by atoms with E-state index in [-0.39, 0.29) is 12.2 Å². The van der Waals surface area contributed by atoms with Crippen LogP contribution in [0.15, 0.2) is 23.1 Å². The average Bonchev–Trinajstić information content (AvgIpc) is 2.96. The highest BCUT2D eigenvalue weighted by atomic mass is 32.2. The minimum Gasteiger partial charge on any atom is -0.496 e. The fourth-order valence-electron chi connectivity index (χ4n) is 2.28. The molecule has 2 rings (SSSR count). The van der Waals surface area contributed by atoms with E-state index in [0.717, 1.165) is 16.2 Å². The number of carbonyl (C=O) groups excluding carboxylic acids is 2. The Hall–Kier alpha value is -2.50. The summed E-state index contributed by atoms with van der Waals surface area (Å²) in [5.74, 6) is -0.483. The van der Waals surface area contributed by atoms with Crippen LogP contribution in [0.4, 0.5) is 5.00 Å². The number of amides is 1. The van der Waals surface area contributed by atoms with E-state index in [1.807, 2.05) is 18.4 Å². The van der Waals surface area contributed by atoms with Gasteiger partial charge < -0.3 is 14.8 Å². The molecule has 0 aliphatic carbocycles. The normalized spacial score (nSPS) is 10.1. The third-order valence-electron chi connectivity index (χ3n) is 3.60. The summed E-state index contributed by atoms with van der Waals surface area (Å²) >= 11 is 2.57. The second-order valence-electron chi connectivity index (χ2n) is 5.11. The van der Waals surface area contributed by atoms with Crippen molar-refractivity contribution in [1.82, 2.24) is 0 Å². The fraction of sp³-hybridized carbons (Fsp3) is 0.278. The number of methoxy groups -OCH3 is 1. The Morgan fingerprint density at radius 2 is 2.12 bits per heavy atom. The van der Waals surface area contributed by atoms with Gasteiger partial charge in [0, 0.05) is 4.90 Å². The van der Waals surface area contributed by atoms with Gasteiger partial charge in [-0.05, 0) is 43.9 Å². The molecule has 1 aromatic heterocycles. The number of thioether (sulfide) groups is 1. The molecule has 0 fully saturated rings.